The van der Waals surface area contributed by atoms with Crippen LogP contribution in [-0.4, -0.2) is 45.7 Å². The first kappa shape index (κ1) is 15.7. The smallest absolute Gasteiger partial charge is 0.276 e. The number of hydrogen-bond donors (Lipinski definition) is 0. The van der Waals surface area contributed by atoms with Gasteiger partial charge in [-0.05, 0) is 24.3 Å². The van der Waals surface area contributed by atoms with Crippen molar-refractivity contribution in [3.8, 4) is 10.7 Å². The summed E-state index contributed by atoms with van der Waals surface area (Å²) in [6.07, 6.45) is 3.42. The Balaban J connectivity index is 1.44. The summed E-state index contributed by atoms with van der Waals surface area (Å²) in [5.41, 5.74) is 0.386. The van der Waals surface area contributed by atoms with E-state index >= 15 is 0 Å². The Hall–Kier alpha value is -2.52. The molecule has 5 rings (SSSR count). The quantitative estimate of drug-likeness (QED) is 0.695. The van der Waals surface area contributed by atoms with Crippen LogP contribution in [-0.2, 0) is 4.74 Å². The van der Waals surface area contributed by atoms with Crippen molar-refractivity contribution in [2.45, 2.75) is 24.8 Å². The standard InChI is InChI=1S/C17H16N4O4S/c22-17(13-14(10-3-4-10)24-9-18-13)21-5-6-23-8-11(21)16-19-15(20-25-16)12-2-1-7-26-12/h1-2,7,9-11H,3-6,8H2. The van der Waals surface area contributed by atoms with Crippen molar-refractivity contribution < 1.29 is 18.5 Å². The molecule has 3 aromatic rings. The summed E-state index contributed by atoms with van der Waals surface area (Å²) in [4.78, 5) is 24.3. The van der Waals surface area contributed by atoms with Crippen molar-refractivity contribution in [1.29, 1.82) is 0 Å². The maximum atomic E-state index is 13.1. The number of aromatic nitrogens is 3. The number of nitrogens with zero attached hydrogens (tertiary/aromatic N) is 4. The molecule has 1 aliphatic carbocycles. The minimum atomic E-state index is -0.429. The third-order valence-electron chi connectivity index (χ3n) is 4.60. The minimum absolute atomic E-state index is 0.176. The van der Waals surface area contributed by atoms with Gasteiger partial charge in [-0.1, -0.05) is 11.2 Å². The molecule has 1 aliphatic heterocycles. The Morgan fingerprint density at radius 2 is 2.27 bits per heavy atom. The van der Waals surface area contributed by atoms with Gasteiger partial charge in [0.1, 0.15) is 11.8 Å². The lowest BCUT2D eigenvalue weighted by Gasteiger charge is -2.32. The molecule has 0 aromatic carbocycles. The molecule has 1 unspecified atom stereocenters. The number of ether oxygens (including phenoxy) is 1. The molecule has 1 saturated heterocycles. The molecular formula is C17H16N4O4S. The average molecular weight is 372 g/mol. The molecule has 2 aliphatic rings. The van der Waals surface area contributed by atoms with Crippen molar-refractivity contribution in [2.24, 2.45) is 0 Å². The molecule has 0 spiro atoms. The second-order valence-electron chi connectivity index (χ2n) is 6.36. The van der Waals surface area contributed by atoms with Crippen molar-refractivity contribution in [2.75, 3.05) is 19.8 Å². The number of amides is 1. The first-order valence-corrected chi connectivity index (χ1v) is 9.39. The van der Waals surface area contributed by atoms with Crippen molar-refractivity contribution >= 4 is 17.2 Å². The molecule has 4 heterocycles. The highest BCUT2D eigenvalue weighted by Crippen LogP contribution is 2.42. The molecular weight excluding hydrogens is 356 g/mol. The Labute approximate surface area is 152 Å². The third-order valence-corrected chi connectivity index (χ3v) is 5.47. The average Bonchev–Trinajstić information content (AvgIpc) is 3.14. The van der Waals surface area contributed by atoms with Crippen LogP contribution in [0.4, 0.5) is 0 Å². The summed E-state index contributed by atoms with van der Waals surface area (Å²) in [5, 5.41) is 6.00. The zero-order valence-electron chi connectivity index (χ0n) is 13.8. The molecule has 0 N–H and O–H groups in total. The Morgan fingerprint density at radius 1 is 1.35 bits per heavy atom. The first-order chi connectivity index (χ1) is 12.8. The van der Waals surface area contributed by atoms with Gasteiger partial charge in [0.15, 0.2) is 12.1 Å². The highest BCUT2D eigenvalue weighted by Gasteiger charge is 2.38. The molecule has 1 amide bonds. The van der Waals surface area contributed by atoms with E-state index in [4.69, 9.17) is 13.7 Å². The number of morpholine rings is 1. The van der Waals surface area contributed by atoms with Crippen LogP contribution < -0.4 is 0 Å². The molecule has 3 aromatic heterocycles. The van der Waals surface area contributed by atoms with E-state index in [1.165, 1.54) is 17.7 Å². The Bertz CT molecular complexity index is 915. The monoisotopic (exact) mass is 372 g/mol. The lowest BCUT2D eigenvalue weighted by Crippen LogP contribution is -2.44. The lowest BCUT2D eigenvalue weighted by molar-refractivity contribution is -0.0122. The molecule has 26 heavy (non-hydrogen) atoms. The Morgan fingerprint density at radius 3 is 3.08 bits per heavy atom. The SMILES string of the molecule is O=C(c1ncoc1C1CC1)N1CCOCC1c1nc(-c2cccs2)no1. The van der Waals surface area contributed by atoms with E-state index in [0.717, 1.165) is 17.7 Å². The van der Waals surface area contributed by atoms with Gasteiger partial charge in [-0.3, -0.25) is 4.79 Å². The zero-order valence-corrected chi connectivity index (χ0v) is 14.6. The number of hydrogen-bond acceptors (Lipinski definition) is 8. The number of thiophene rings is 1. The molecule has 8 nitrogen and oxygen atoms in total. The summed E-state index contributed by atoms with van der Waals surface area (Å²) in [7, 11) is 0. The van der Waals surface area contributed by atoms with Crippen LogP contribution in [0.3, 0.4) is 0 Å². The number of carbonyl (C=O) groups is 1. The van der Waals surface area contributed by atoms with Crippen molar-refractivity contribution in [3.05, 3.63) is 41.3 Å². The van der Waals surface area contributed by atoms with E-state index in [1.54, 1.807) is 4.90 Å². The van der Waals surface area contributed by atoms with Gasteiger partial charge >= 0.3 is 0 Å². The van der Waals surface area contributed by atoms with E-state index < -0.39 is 6.04 Å². The first-order valence-electron chi connectivity index (χ1n) is 8.51. The molecule has 134 valence electrons. The predicted molar refractivity (Wildman–Crippen MR) is 90.7 cm³/mol. The summed E-state index contributed by atoms with van der Waals surface area (Å²) < 4.78 is 16.5. The maximum Gasteiger partial charge on any atom is 0.276 e. The highest BCUT2D eigenvalue weighted by atomic mass is 32.1. The van der Waals surface area contributed by atoms with Gasteiger partial charge in [-0.25, -0.2) is 4.98 Å². The molecule has 0 radical (unpaired) electrons. The van der Waals surface area contributed by atoms with Crippen LogP contribution in [0.15, 0.2) is 32.8 Å². The maximum absolute atomic E-state index is 13.1. The summed E-state index contributed by atoms with van der Waals surface area (Å²) in [6, 6.07) is 3.43. The second kappa shape index (κ2) is 6.33. The topological polar surface area (TPSA) is 94.5 Å². The van der Waals surface area contributed by atoms with E-state index in [9.17, 15) is 4.79 Å². The van der Waals surface area contributed by atoms with Gasteiger partial charge in [0.2, 0.25) is 5.82 Å². The van der Waals surface area contributed by atoms with Crippen LogP contribution in [0.2, 0.25) is 0 Å². The largest absolute Gasteiger partial charge is 0.447 e. The highest BCUT2D eigenvalue weighted by molar-refractivity contribution is 7.13. The number of rotatable bonds is 4. The van der Waals surface area contributed by atoms with Crippen LogP contribution >= 0.6 is 11.3 Å². The Kier molecular flexibility index (Phi) is 3.83. The molecule has 9 heteroatoms. The third kappa shape index (κ3) is 2.73. The summed E-state index contributed by atoms with van der Waals surface area (Å²) >= 11 is 1.53. The summed E-state index contributed by atoms with van der Waals surface area (Å²) in [5.74, 6) is 1.71. The number of oxazole rings is 1. The van der Waals surface area contributed by atoms with Crippen LogP contribution in [0, 0.1) is 0 Å². The van der Waals surface area contributed by atoms with E-state index in [0.29, 0.717) is 48.8 Å². The zero-order chi connectivity index (χ0) is 17.5. The summed E-state index contributed by atoms with van der Waals surface area (Å²) in [6.45, 7) is 1.22. The predicted octanol–water partition coefficient (Wildman–Crippen LogP) is 2.88. The molecule has 0 bridgehead atoms. The normalized spacial score (nSPS) is 20.5. The van der Waals surface area contributed by atoms with E-state index in [-0.39, 0.29) is 5.91 Å². The second-order valence-corrected chi connectivity index (χ2v) is 7.31. The van der Waals surface area contributed by atoms with E-state index in [1.807, 2.05) is 17.5 Å². The van der Waals surface area contributed by atoms with Gasteiger partial charge in [-0.2, -0.15) is 4.98 Å². The van der Waals surface area contributed by atoms with Gasteiger partial charge in [0.25, 0.3) is 11.8 Å². The molecule has 2 fully saturated rings. The van der Waals surface area contributed by atoms with E-state index in [2.05, 4.69) is 15.1 Å². The molecule has 1 saturated carbocycles. The van der Waals surface area contributed by atoms with Gasteiger partial charge in [0, 0.05) is 12.5 Å². The van der Waals surface area contributed by atoms with Gasteiger partial charge < -0.3 is 18.6 Å². The van der Waals surface area contributed by atoms with Gasteiger partial charge in [0.05, 0.1) is 18.1 Å². The van der Waals surface area contributed by atoms with Crippen molar-refractivity contribution in [3.63, 3.8) is 0 Å². The fourth-order valence-electron chi connectivity index (χ4n) is 3.11. The van der Waals surface area contributed by atoms with Crippen LogP contribution in [0.5, 0.6) is 0 Å². The molecule has 1 atom stereocenters. The van der Waals surface area contributed by atoms with Crippen LogP contribution in [0.25, 0.3) is 10.7 Å². The minimum Gasteiger partial charge on any atom is -0.447 e. The fourth-order valence-corrected chi connectivity index (χ4v) is 3.76. The van der Waals surface area contributed by atoms with Gasteiger partial charge in [-0.15, -0.1) is 11.3 Å². The lowest BCUT2D eigenvalue weighted by atomic mass is 10.1. The fraction of sp³-hybridized carbons (Fsp3) is 0.412. The number of carbonyl (C=O) groups excluding carboxylic acids is 1. The van der Waals surface area contributed by atoms with Crippen molar-refractivity contribution in [1.82, 2.24) is 20.0 Å². The van der Waals surface area contributed by atoms with Crippen LogP contribution in [0.1, 0.15) is 46.9 Å².